The summed E-state index contributed by atoms with van der Waals surface area (Å²) in [6.45, 7) is 2.61. The number of carbonyl (C=O) groups excluding carboxylic acids is 2. The average molecular weight is 483 g/mol. The molecule has 1 saturated carbocycles. The van der Waals surface area contributed by atoms with Crippen molar-refractivity contribution in [3.05, 3.63) is 90.0 Å². The Morgan fingerprint density at radius 2 is 1.61 bits per heavy atom. The first-order valence-corrected chi connectivity index (χ1v) is 12.7. The number of ether oxygens (including phenoxy) is 1. The van der Waals surface area contributed by atoms with E-state index >= 15 is 0 Å². The van der Waals surface area contributed by atoms with Gasteiger partial charge in [0.05, 0.1) is 13.2 Å². The van der Waals surface area contributed by atoms with E-state index in [9.17, 15) is 9.59 Å². The van der Waals surface area contributed by atoms with Gasteiger partial charge in [0.2, 0.25) is 5.91 Å². The summed E-state index contributed by atoms with van der Waals surface area (Å²) in [6, 6.07) is 23.9. The molecule has 2 N–H and O–H groups in total. The summed E-state index contributed by atoms with van der Waals surface area (Å²) >= 11 is 0. The molecule has 3 aromatic carbocycles. The highest BCUT2D eigenvalue weighted by Gasteiger charge is 2.27. The van der Waals surface area contributed by atoms with Crippen molar-refractivity contribution in [2.45, 2.75) is 45.6 Å². The Hall–Kier alpha value is -3.86. The first-order valence-electron chi connectivity index (χ1n) is 12.7. The summed E-state index contributed by atoms with van der Waals surface area (Å²) in [5.41, 5.74) is 11.5. The third-order valence-corrected chi connectivity index (χ3v) is 6.64. The van der Waals surface area contributed by atoms with E-state index in [-0.39, 0.29) is 17.8 Å². The van der Waals surface area contributed by atoms with Gasteiger partial charge in [0, 0.05) is 23.4 Å². The molecule has 0 bridgehead atoms. The van der Waals surface area contributed by atoms with Crippen LogP contribution in [0.3, 0.4) is 0 Å². The smallest absolute Gasteiger partial charge is 0.330 e. The summed E-state index contributed by atoms with van der Waals surface area (Å²) in [4.78, 5) is 27.4. The number of nitrogens with zero attached hydrogens (tertiary/aromatic N) is 1. The predicted octanol–water partition coefficient (Wildman–Crippen LogP) is 6.63. The van der Waals surface area contributed by atoms with E-state index in [1.807, 2.05) is 53.4 Å². The summed E-state index contributed by atoms with van der Waals surface area (Å²) < 4.78 is 4.99. The Morgan fingerprint density at radius 1 is 0.944 bits per heavy atom. The van der Waals surface area contributed by atoms with Crippen molar-refractivity contribution in [2.75, 3.05) is 17.2 Å². The molecular formula is C31H34N2O3. The van der Waals surface area contributed by atoms with Gasteiger partial charge in [-0.25, -0.2) is 4.79 Å². The minimum atomic E-state index is -0.376. The highest BCUT2D eigenvalue weighted by molar-refractivity contribution is 5.95. The number of benzene rings is 3. The lowest BCUT2D eigenvalue weighted by Gasteiger charge is -2.30. The van der Waals surface area contributed by atoms with Crippen LogP contribution < -0.4 is 10.6 Å². The van der Waals surface area contributed by atoms with Crippen molar-refractivity contribution < 1.29 is 14.3 Å². The van der Waals surface area contributed by atoms with Gasteiger partial charge in [-0.1, -0.05) is 67.8 Å². The van der Waals surface area contributed by atoms with Gasteiger partial charge in [0.1, 0.15) is 0 Å². The van der Waals surface area contributed by atoms with Crippen LogP contribution >= 0.6 is 0 Å². The maximum absolute atomic E-state index is 13.7. The number of rotatable bonds is 8. The molecule has 1 fully saturated rings. The number of anilines is 2. The van der Waals surface area contributed by atoms with Gasteiger partial charge < -0.3 is 15.4 Å². The Balaban J connectivity index is 1.58. The van der Waals surface area contributed by atoms with E-state index in [4.69, 9.17) is 10.5 Å². The van der Waals surface area contributed by atoms with E-state index in [0.29, 0.717) is 13.2 Å². The van der Waals surface area contributed by atoms with Gasteiger partial charge in [-0.3, -0.25) is 4.79 Å². The highest BCUT2D eigenvalue weighted by Crippen LogP contribution is 2.30. The van der Waals surface area contributed by atoms with E-state index in [1.165, 1.54) is 12.5 Å². The van der Waals surface area contributed by atoms with E-state index in [1.54, 1.807) is 13.0 Å². The largest absolute Gasteiger partial charge is 0.463 e. The monoisotopic (exact) mass is 482 g/mol. The molecule has 0 aliphatic heterocycles. The van der Waals surface area contributed by atoms with E-state index < -0.39 is 0 Å². The maximum atomic E-state index is 13.7. The molecule has 1 aliphatic carbocycles. The Labute approximate surface area is 213 Å². The van der Waals surface area contributed by atoms with Crippen LogP contribution in [0, 0.1) is 5.92 Å². The average Bonchev–Trinajstić information content (AvgIpc) is 2.92. The van der Waals surface area contributed by atoms with Gasteiger partial charge in [0.15, 0.2) is 0 Å². The summed E-state index contributed by atoms with van der Waals surface area (Å²) in [5.74, 6) is -0.158. The van der Waals surface area contributed by atoms with Crippen LogP contribution in [-0.2, 0) is 20.9 Å². The normalized spacial score (nSPS) is 14.0. The first kappa shape index (κ1) is 25.2. The van der Waals surface area contributed by atoms with Crippen LogP contribution in [-0.4, -0.2) is 18.5 Å². The van der Waals surface area contributed by atoms with Gasteiger partial charge in [-0.2, -0.15) is 0 Å². The third kappa shape index (κ3) is 6.63. The number of hydrogen-bond acceptors (Lipinski definition) is 4. The van der Waals surface area contributed by atoms with Crippen LogP contribution in [0.5, 0.6) is 0 Å². The molecule has 0 saturated heterocycles. The number of nitrogen functional groups attached to an aromatic ring is 1. The fraction of sp³-hybridized carbons (Fsp3) is 0.290. The van der Waals surface area contributed by atoms with Gasteiger partial charge in [-0.05, 0) is 72.4 Å². The first-order chi connectivity index (χ1) is 17.5. The lowest BCUT2D eigenvalue weighted by atomic mass is 9.88. The number of esters is 1. The lowest BCUT2D eigenvalue weighted by Crippen LogP contribution is -2.36. The molecule has 0 atom stereocenters. The molecule has 0 radical (unpaired) electrons. The number of amides is 1. The van der Waals surface area contributed by atoms with Crippen LogP contribution in [0.4, 0.5) is 11.4 Å². The molecule has 186 valence electrons. The standard InChI is InChI=1S/C31H34N2O3/c1-2-36-30(34)20-13-23-7-6-10-29(21-23)33(31(35)27-8-4-3-5-9-27)22-24-11-14-25(15-12-24)26-16-18-28(32)19-17-26/h6-7,10-21,27H,2-5,8-9,22,32H2,1H3/b20-13+. The summed E-state index contributed by atoms with van der Waals surface area (Å²) in [7, 11) is 0. The molecule has 1 aliphatic rings. The quantitative estimate of drug-likeness (QED) is 0.222. The fourth-order valence-electron chi connectivity index (χ4n) is 4.68. The Bertz CT molecular complexity index is 1190. The minimum Gasteiger partial charge on any atom is -0.463 e. The van der Waals surface area contributed by atoms with Crippen molar-refractivity contribution in [1.82, 2.24) is 0 Å². The highest BCUT2D eigenvalue weighted by atomic mass is 16.5. The molecule has 5 nitrogen and oxygen atoms in total. The number of nitrogens with two attached hydrogens (primary N) is 1. The summed E-state index contributed by atoms with van der Waals surface area (Å²) in [6.07, 6.45) is 8.43. The minimum absolute atomic E-state index is 0.0477. The lowest BCUT2D eigenvalue weighted by molar-refractivity contribution is -0.137. The van der Waals surface area contributed by atoms with Gasteiger partial charge in [-0.15, -0.1) is 0 Å². The maximum Gasteiger partial charge on any atom is 0.330 e. The van der Waals surface area contributed by atoms with Crippen molar-refractivity contribution >= 4 is 29.3 Å². The van der Waals surface area contributed by atoms with Gasteiger partial charge in [0.25, 0.3) is 0 Å². The molecule has 0 unspecified atom stereocenters. The third-order valence-electron chi connectivity index (χ3n) is 6.64. The second kappa shape index (κ2) is 12.2. The zero-order valence-corrected chi connectivity index (χ0v) is 20.9. The van der Waals surface area contributed by atoms with Crippen molar-refractivity contribution in [2.24, 2.45) is 5.92 Å². The molecule has 0 heterocycles. The van der Waals surface area contributed by atoms with Crippen LogP contribution in [0.2, 0.25) is 0 Å². The predicted molar refractivity (Wildman–Crippen MR) is 146 cm³/mol. The Morgan fingerprint density at radius 3 is 2.28 bits per heavy atom. The van der Waals surface area contributed by atoms with Crippen molar-refractivity contribution in [1.29, 1.82) is 0 Å². The zero-order chi connectivity index (χ0) is 25.3. The zero-order valence-electron chi connectivity index (χ0n) is 20.9. The van der Waals surface area contributed by atoms with E-state index in [0.717, 1.165) is 59.3 Å². The second-order valence-corrected chi connectivity index (χ2v) is 9.26. The van der Waals surface area contributed by atoms with Crippen LogP contribution in [0.25, 0.3) is 17.2 Å². The van der Waals surface area contributed by atoms with Crippen LogP contribution in [0.1, 0.15) is 50.2 Å². The van der Waals surface area contributed by atoms with Crippen molar-refractivity contribution in [3.63, 3.8) is 0 Å². The van der Waals surface area contributed by atoms with E-state index in [2.05, 4.69) is 24.3 Å². The molecule has 36 heavy (non-hydrogen) atoms. The van der Waals surface area contributed by atoms with Crippen LogP contribution in [0.15, 0.2) is 78.9 Å². The number of carbonyl (C=O) groups is 2. The second-order valence-electron chi connectivity index (χ2n) is 9.26. The Kier molecular flexibility index (Phi) is 8.56. The SMILES string of the molecule is CCOC(=O)/C=C/c1cccc(N(Cc2ccc(-c3ccc(N)cc3)cc2)C(=O)C2CCCCC2)c1. The molecule has 3 aromatic rings. The number of hydrogen-bond donors (Lipinski definition) is 1. The molecule has 4 rings (SSSR count). The molecule has 5 heteroatoms. The van der Waals surface area contributed by atoms with Gasteiger partial charge >= 0.3 is 5.97 Å². The molecular weight excluding hydrogens is 448 g/mol. The molecule has 0 spiro atoms. The molecule has 0 aromatic heterocycles. The van der Waals surface area contributed by atoms with Crippen molar-refractivity contribution in [3.8, 4) is 11.1 Å². The topological polar surface area (TPSA) is 72.6 Å². The molecule has 1 amide bonds. The summed E-state index contributed by atoms with van der Waals surface area (Å²) in [5, 5.41) is 0. The fourth-order valence-corrected chi connectivity index (χ4v) is 4.68.